The van der Waals surface area contributed by atoms with Crippen molar-refractivity contribution in [1.29, 1.82) is 0 Å². The van der Waals surface area contributed by atoms with Crippen LogP contribution in [0.4, 0.5) is 13.2 Å². The maximum Gasteiger partial charge on any atom is 0.443 e. The molecule has 1 aromatic carbocycles. The average molecular weight is 335 g/mol. The molecule has 0 saturated heterocycles. The number of hydrogen-bond donors (Lipinski definition) is 0. The van der Waals surface area contributed by atoms with Crippen molar-refractivity contribution in [2.75, 3.05) is 6.61 Å². The molecule has 0 fully saturated rings. The van der Waals surface area contributed by atoms with Gasteiger partial charge in [0.1, 0.15) is 5.75 Å². The molecule has 0 aliphatic carbocycles. The van der Waals surface area contributed by atoms with Crippen molar-refractivity contribution in [2.24, 2.45) is 0 Å². The quantitative estimate of drug-likeness (QED) is 0.778. The fourth-order valence-electron chi connectivity index (χ4n) is 2.13. The van der Waals surface area contributed by atoms with Gasteiger partial charge in [0.2, 0.25) is 0 Å². The van der Waals surface area contributed by atoms with E-state index in [0.717, 1.165) is 5.56 Å². The van der Waals surface area contributed by atoms with Gasteiger partial charge in [-0.3, -0.25) is 0 Å². The molecule has 0 spiro atoms. The van der Waals surface area contributed by atoms with E-state index < -0.39 is 17.7 Å². The first-order valence-electron chi connectivity index (χ1n) is 6.69. The molecule has 0 saturated carbocycles. The molecule has 1 aromatic rings. The number of carbonyl (C=O) groups is 1. The zero-order valence-electron chi connectivity index (χ0n) is 12.0. The van der Waals surface area contributed by atoms with Gasteiger partial charge in [-0.05, 0) is 37.1 Å². The summed E-state index contributed by atoms with van der Waals surface area (Å²) in [6.07, 6.45) is -2.44. The third-order valence-corrected chi connectivity index (χ3v) is 3.58. The molecule has 1 heterocycles. The van der Waals surface area contributed by atoms with Crippen LogP contribution in [0.25, 0.3) is 6.08 Å². The minimum absolute atomic E-state index is 0.0247. The first-order valence-corrected chi connectivity index (χ1v) is 7.07. The Kier molecular flexibility index (Phi) is 4.42. The van der Waals surface area contributed by atoms with Gasteiger partial charge in [-0.2, -0.15) is 13.2 Å². The van der Waals surface area contributed by atoms with Crippen LogP contribution in [0.3, 0.4) is 0 Å². The third-order valence-electron chi connectivity index (χ3n) is 3.30. The maximum atomic E-state index is 13.4. The average Bonchev–Trinajstić information content (AvgIpc) is 2.45. The van der Waals surface area contributed by atoms with Gasteiger partial charge in [-0.15, -0.1) is 0 Å². The first-order chi connectivity index (χ1) is 10.2. The van der Waals surface area contributed by atoms with Gasteiger partial charge in [0.15, 0.2) is 0 Å². The first kappa shape index (κ1) is 16.7. The molecular formula is C15H14ClF3O3. The van der Waals surface area contributed by atoms with Crippen LogP contribution in [0.5, 0.6) is 5.75 Å². The van der Waals surface area contributed by atoms with Crippen LogP contribution >= 0.6 is 11.6 Å². The maximum absolute atomic E-state index is 13.4. The normalized spacial score (nSPS) is 20.3. The standard InChI is InChI=1S/C15H14ClF3O3/c1-3-9-7-10-5-6-14(15(17,18)19,13(20)21-4-2)22-12(10)11(16)8-9/h5-8H,3-4H2,1-2H3. The summed E-state index contributed by atoms with van der Waals surface area (Å²) in [4.78, 5) is 11.8. The van der Waals surface area contributed by atoms with Crippen molar-refractivity contribution in [3.05, 3.63) is 34.4 Å². The summed E-state index contributed by atoms with van der Waals surface area (Å²) in [5.41, 5.74) is -1.92. The van der Waals surface area contributed by atoms with Crippen LogP contribution in [0, 0.1) is 0 Å². The number of benzene rings is 1. The lowest BCUT2D eigenvalue weighted by Crippen LogP contribution is -2.56. The molecule has 1 aliphatic heterocycles. The van der Waals surface area contributed by atoms with E-state index in [2.05, 4.69) is 4.74 Å². The number of hydrogen-bond acceptors (Lipinski definition) is 3. The van der Waals surface area contributed by atoms with Gasteiger partial charge in [0.05, 0.1) is 11.6 Å². The largest absolute Gasteiger partial charge is 0.463 e. The summed E-state index contributed by atoms with van der Waals surface area (Å²) in [5, 5.41) is 0.0247. The van der Waals surface area contributed by atoms with E-state index in [1.807, 2.05) is 6.92 Å². The molecule has 1 aliphatic rings. The minimum atomic E-state index is -4.97. The Hall–Kier alpha value is -1.69. The fourth-order valence-corrected chi connectivity index (χ4v) is 2.41. The molecule has 22 heavy (non-hydrogen) atoms. The predicted molar refractivity (Wildman–Crippen MR) is 75.9 cm³/mol. The molecule has 0 amide bonds. The van der Waals surface area contributed by atoms with Crippen molar-refractivity contribution >= 4 is 23.6 Å². The van der Waals surface area contributed by atoms with Crippen molar-refractivity contribution in [2.45, 2.75) is 32.0 Å². The second kappa shape index (κ2) is 5.83. The highest BCUT2D eigenvalue weighted by Gasteiger charge is 2.64. The number of aryl methyl sites for hydroxylation is 1. The van der Waals surface area contributed by atoms with Crippen LogP contribution in [0.2, 0.25) is 5.02 Å². The number of alkyl halides is 3. The van der Waals surface area contributed by atoms with Gasteiger partial charge >= 0.3 is 17.7 Å². The van der Waals surface area contributed by atoms with Crippen LogP contribution in [-0.4, -0.2) is 24.4 Å². The van der Waals surface area contributed by atoms with Crippen molar-refractivity contribution < 1.29 is 27.4 Å². The summed E-state index contributed by atoms with van der Waals surface area (Å²) in [5.74, 6) is -1.69. The Morgan fingerprint density at radius 3 is 2.59 bits per heavy atom. The number of rotatable bonds is 3. The fraction of sp³-hybridized carbons (Fsp3) is 0.400. The molecule has 0 aromatic heterocycles. The highest BCUT2D eigenvalue weighted by atomic mass is 35.5. The zero-order valence-corrected chi connectivity index (χ0v) is 12.7. The van der Waals surface area contributed by atoms with E-state index >= 15 is 0 Å². The van der Waals surface area contributed by atoms with Crippen LogP contribution in [-0.2, 0) is 16.0 Å². The number of halogens is 4. The van der Waals surface area contributed by atoms with E-state index in [9.17, 15) is 18.0 Å². The van der Waals surface area contributed by atoms with Crippen LogP contribution < -0.4 is 4.74 Å². The zero-order chi connectivity index (χ0) is 16.5. The van der Waals surface area contributed by atoms with E-state index in [4.69, 9.17) is 16.3 Å². The molecule has 7 heteroatoms. The topological polar surface area (TPSA) is 35.5 Å². The number of fused-ring (bicyclic) bond motifs is 1. The lowest BCUT2D eigenvalue weighted by atomic mass is 9.96. The Bertz CT molecular complexity index is 625. The van der Waals surface area contributed by atoms with Gasteiger partial charge in [0.25, 0.3) is 0 Å². The van der Waals surface area contributed by atoms with Crippen molar-refractivity contribution in [3.63, 3.8) is 0 Å². The van der Waals surface area contributed by atoms with Crippen molar-refractivity contribution in [1.82, 2.24) is 0 Å². The summed E-state index contributed by atoms with van der Waals surface area (Å²) in [6.45, 7) is 3.12. The van der Waals surface area contributed by atoms with Crippen LogP contribution in [0.1, 0.15) is 25.0 Å². The Labute approximate surface area is 130 Å². The molecule has 1 unspecified atom stereocenters. The molecule has 2 rings (SSSR count). The Morgan fingerprint density at radius 1 is 1.36 bits per heavy atom. The second-order valence-electron chi connectivity index (χ2n) is 4.74. The smallest absolute Gasteiger partial charge is 0.443 e. The SMILES string of the molecule is CCOC(=O)C1(C(F)(F)F)C=Cc2cc(CC)cc(Cl)c2O1. The summed E-state index contributed by atoms with van der Waals surface area (Å²) in [6, 6.07) is 3.19. The highest BCUT2D eigenvalue weighted by molar-refractivity contribution is 6.32. The molecule has 0 N–H and O–H groups in total. The summed E-state index contributed by atoms with van der Waals surface area (Å²) in [7, 11) is 0. The lowest BCUT2D eigenvalue weighted by Gasteiger charge is -2.34. The minimum Gasteiger partial charge on any atom is -0.463 e. The second-order valence-corrected chi connectivity index (χ2v) is 5.15. The van der Waals surface area contributed by atoms with E-state index in [1.165, 1.54) is 19.1 Å². The molecule has 120 valence electrons. The van der Waals surface area contributed by atoms with Crippen LogP contribution in [0.15, 0.2) is 18.2 Å². The predicted octanol–water partition coefficient (Wildman–Crippen LogP) is 4.17. The van der Waals surface area contributed by atoms with E-state index in [-0.39, 0.29) is 17.4 Å². The molecule has 0 bridgehead atoms. The van der Waals surface area contributed by atoms with Gasteiger partial charge < -0.3 is 9.47 Å². The number of esters is 1. The van der Waals surface area contributed by atoms with Gasteiger partial charge in [0, 0.05) is 5.56 Å². The van der Waals surface area contributed by atoms with Gasteiger partial charge in [-0.25, -0.2) is 4.79 Å². The van der Waals surface area contributed by atoms with Gasteiger partial charge in [-0.1, -0.05) is 24.6 Å². The van der Waals surface area contributed by atoms with E-state index in [1.54, 1.807) is 6.07 Å². The highest BCUT2D eigenvalue weighted by Crippen LogP contribution is 2.45. The monoisotopic (exact) mass is 334 g/mol. The van der Waals surface area contributed by atoms with Crippen molar-refractivity contribution in [3.8, 4) is 5.75 Å². The molecular weight excluding hydrogens is 321 g/mol. The Morgan fingerprint density at radius 2 is 2.05 bits per heavy atom. The molecule has 1 atom stereocenters. The Balaban J connectivity index is 2.55. The number of carbonyl (C=O) groups excluding carboxylic acids is 1. The lowest BCUT2D eigenvalue weighted by molar-refractivity contribution is -0.238. The third kappa shape index (κ3) is 2.67. The van der Waals surface area contributed by atoms with E-state index in [0.29, 0.717) is 18.1 Å². The number of ether oxygens (including phenoxy) is 2. The molecule has 0 radical (unpaired) electrons. The molecule has 3 nitrogen and oxygen atoms in total. The summed E-state index contributed by atoms with van der Waals surface area (Å²) >= 11 is 6.01. The summed E-state index contributed by atoms with van der Waals surface area (Å²) < 4.78 is 49.8.